The highest BCUT2D eigenvalue weighted by Gasteiger charge is 2.50. The molecule has 0 bridgehead atoms. The number of phenolic OH excluding ortho intramolecular Hbond substituents is 2. The van der Waals surface area contributed by atoms with Crippen molar-refractivity contribution in [3.05, 3.63) is 51.6 Å². The molecule has 2 fully saturated rings. The van der Waals surface area contributed by atoms with Crippen molar-refractivity contribution in [3.8, 4) is 17.2 Å². The van der Waals surface area contributed by atoms with Gasteiger partial charge < -0.3 is 83.1 Å². The number of methoxy groups -OCH3 is 1. The first-order chi connectivity index (χ1) is 35.6. The quantitative estimate of drug-likeness (QED) is 0.0273. The number of Topliss-reactive ketones (excluding diaryl/α,β-unsaturated/α-hetero) is 1. The molecule has 0 saturated carbocycles. The standard InChI is InChI=1S/C49H64N2O23/c1-28-44(58)31(50-35(54)8-10-65-12-14-67-16-18-69-20-22-71-23-21-70-19-17-68-15-13-66-11-9-38(57)74-51-36(55)6-7-37(51)56)24-39(72-28)73-33-26-49(63,34(53)27-52)25-30-41(33)48(62)43-42(46(30)60)45(59)29-4-3-5-32(64-2)40(29)47(43)61/h3-5,28,31,33,39,44,52,58,60,62-63H,6-27H2,1-2H3,(H,50,54)/t28?,31?,33-,39?,44?,49?/m0/s1. The minimum atomic E-state index is -2.36. The Morgan fingerprint density at radius 1 is 0.743 bits per heavy atom. The third-order valence-corrected chi connectivity index (χ3v) is 12.5. The fraction of sp³-hybridized carbons (Fsp3) is 0.612. The Kier molecular flexibility index (Phi) is 21.7. The zero-order valence-corrected chi connectivity index (χ0v) is 41.2. The molecular weight excluding hydrogens is 985 g/mol. The van der Waals surface area contributed by atoms with Gasteiger partial charge in [-0.2, -0.15) is 0 Å². The van der Waals surface area contributed by atoms with E-state index < -0.39 is 119 Å². The van der Waals surface area contributed by atoms with Crippen molar-refractivity contribution < 1.29 is 111 Å². The number of benzene rings is 2. The van der Waals surface area contributed by atoms with Gasteiger partial charge in [-0.05, 0) is 13.0 Å². The van der Waals surface area contributed by atoms with Crippen molar-refractivity contribution in [2.24, 2.45) is 0 Å². The Balaban J connectivity index is 0.826. The van der Waals surface area contributed by atoms with Gasteiger partial charge in [0.25, 0.3) is 11.8 Å². The number of nitrogens with one attached hydrogen (secondary N) is 1. The van der Waals surface area contributed by atoms with Crippen LogP contribution in [0.2, 0.25) is 0 Å². The Hall–Kier alpha value is -5.55. The zero-order valence-electron chi connectivity index (χ0n) is 41.2. The first-order valence-corrected chi connectivity index (χ1v) is 24.2. The summed E-state index contributed by atoms with van der Waals surface area (Å²) in [5.74, 6) is -6.42. The molecule has 2 aromatic rings. The van der Waals surface area contributed by atoms with E-state index in [-0.39, 0.29) is 99.7 Å². The maximum Gasteiger partial charge on any atom is 0.335 e. The number of phenols is 2. The van der Waals surface area contributed by atoms with Gasteiger partial charge >= 0.3 is 5.97 Å². The average Bonchev–Trinajstić information content (AvgIpc) is 3.69. The van der Waals surface area contributed by atoms with Crippen LogP contribution >= 0.6 is 0 Å². The molecule has 2 saturated heterocycles. The van der Waals surface area contributed by atoms with Crippen molar-refractivity contribution in [1.29, 1.82) is 0 Å². The predicted octanol–water partition coefficient (Wildman–Crippen LogP) is -0.338. The number of hydroxylamine groups is 2. The number of amides is 3. The first kappa shape index (κ1) is 57.7. The molecule has 0 aromatic heterocycles. The summed E-state index contributed by atoms with van der Waals surface area (Å²) in [5.41, 5.74) is -4.13. The maximum atomic E-state index is 14.0. The fourth-order valence-corrected chi connectivity index (χ4v) is 8.68. The van der Waals surface area contributed by atoms with Crippen LogP contribution in [0.25, 0.3) is 0 Å². The number of imide groups is 1. The van der Waals surface area contributed by atoms with E-state index in [1.54, 1.807) is 0 Å². The number of ether oxygens (including phenoxy) is 10. The minimum Gasteiger partial charge on any atom is -0.507 e. The van der Waals surface area contributed by atoms with E-state index in [4.69, 9.17) is 52.2 Å². The topological polar surface area (TPSA) is 337 Å². The van der Waals surface area contributed by atoms with Crippen molar-refractivity contribution in [2.45, 2.75) is 88.1 Å². The SMILES string of the molecule is COc1cccc2c1C(=O)c1c(O)c3c(c(O)c1C2=O)CC(O)(C(=O)CO)C[C@@H]3OC1CC(NC(=O)CCOCCOCCOCCOCCOCCOCCOCCC(=O)ON2C(=O)CCC2=O)C(O)C(C)O1. The van der Waals surface area contributed by atoms with Gasteiger partial charge in [0.05, 0.1) is 141 Å². The predicted molar refractivity (Wildman–Crippen MR) is 248 cm³/mol. The van der Waals surface area contributed by atoms with E-state index in [1.165, 1.54) is 32.2 Å². The van der Waals surface area contributed by atoms with Crippen molar-refractivity contribution in [1.82, 2.24) is 10.4 Å². The monoisotopic (exact) mass is 1050 g/mol. The molecule has 2 aliphatic heterocycles. The summed E-state index contributed by atoms with van der Waals surface area (Å²) in [6.07, 6.45) is -6.39. The highest BCUT2D eigenvalue weighted by atomic mass is 16.7. The van der Waals surface area contributed by atoms with E-state index in [9.17, 15) is 59.1 Å². The molecule has 25 nitrogen and oxygen atoms in total. The van der Waals surface area contributed by atoms with E-state index in [2.05, 4.69) is 5.32 Å². The lowest BCUT2D eigenvalue weighted by molar-refractivity contribution is -0.249. The van der Waals surface area contributed by atoms with Crippen LogP contribution in [-0.4, -0.2) is 208 Å². The van der Waals surface area contributed by atoms with Gasteiger partial charge in [-0.15, -0.1) is 5.06 Å². The molecule has 0 radical (unpaired) electrons. The number of hydrogen-bond acceptors (Lipinski definition) is 23. The van der Waals surface area contributed by atoms with Crippen LogP contribution in [0, 0.1) is 0 Å². The van der Waals surface area contributed by atoms with Gasteiger partial charge in [0.1, 0.15) is 35.6 Å². The number of carbonyl (C=O) groups is 7. The Morgan fingerprint density at radius 3 is 1.81 bits per heavy atom. The number of aliphatic hydroxyl groups is 3. The normalized spacial score (nSPS) is 22.3. The molecule has 6 N–H and O–H groups in total. The summed E-state index contributed by atoms with van der Waals surface area (Å²) in [7, 11) is 1.30. The van der Waals surface area contributed by atoms with Gasteiger partial charge in [-0.1, -0.05) is 12.1 Å². The number of rotatable bonds is 31. The molecule has 4 aliphatic rings. The molecule has 408 valence electrons. The third kappa shape index (κ3) is 14.6. The van der Waals surface area contributed by atoms with Crippen LogP contribution in [0.1, 0.15) is 94.5 Å². The van der Waals surface area contributed by atoms with Gasteiger partial charge in [-0.25, -0.2) is 4.79 Å². The lowest BCUT2D eigenvalue weighted by Gasteiger charge is -2.43. The molecule has 2 heterocycles. The second-order valence-corrected chi connectivity index (χ2v) is 17.5. The largest absolute Gasteiger partial charge is 0.507 e. The summed E-state index contributed by atoms with van der Waals surface area (Å²) in [4.78, 5) is 93.1. The second-order valence-electron chi connectivity index (χ2n) is 17.5. The van der Waals surface area contributed by atoms with Crippen LogP contribution in [0.4, 0.5) is 0 Å². The number of aliphatic hydroxyl groups excluding tert-OH is 2. The van der Waals surface area contributed by atoms with E-state index in [0.29, 0.717) is 57.9 Å². The van der Waals surface area contributed by atoms with Crippen LogP contribution in [0.3, 0.4) is 0 Å². The molecule has 5 unspecified atom stereocenters. The number of ketones is 3. The van der Waals surface area contributed by atoms with Gasteiger partial charge in [0.15, 0.2) is 17.9 Å². The van der Waals surface area contributed by atoms with Crippen LogP contribution in [0.15, 0.2) is 18.2 Å². The molecule has 25 heteroatoms. The number of nitrogens with zero attached hydrogens (tertiary/aromatic N) is 1. The van der Waals surface area contributed by atoms with Crippen LogP contribution in [-0.2, 0) is 77.9 Å². The third-order valence-electron chi connectivity index (χ3n) is 12.5. The number of fused-ring (bicyclic) bond motifs is 3. The highest BCUT2D eigenvalue weighted by molar-refractivity contribution is 6.31. The van der Waals surface area contributed by atoms with Crippen molar-refractivity contribution in [3.63, 3.8) is 0 Å². The molecule has 6 rings (SSSR count). The van der Waals surface area contributed by atoms with Crippen molar-refractivity contribution >= 4 is 41.0 Å². The molecule has 2 aromatic carbocycles. The van der Waals surface area contributed by atoms with Gasteiger partial charge in [-0.3, -0.25) is 28.8 Å². The van der Waals surface area contributed by atoms with E-state index in [1.807, 2.05) is 0 Å². The Morgan fingerprint density at radius 2 is 1.27 bits per heavy atom. The molecule has 6 atom stereocenters. The Bertz CT molecular complexity index is 2310. The van der Waals surface area contributed by atoms with Crippen LogP contribution < -0.4 is 10.1 Å². The molecule has 3 amide bonds. The molecule has 74 heavy (non-hydrogen) atoms. The summed E-state index contributed by atoms with van der Waals surface area (Å²) in [5, 5.41) is 59.0. The molecule has 2 aliphatic carbocycles. The minimum absolute atomic E-state index is 0.0279. The zero-order chi connectivity index (χ0) is 53.4. The second kappa shape index (κ2) is 27.8. The highest BCUT2D eigenvalue weighted by Crippen LogP contribution is 2.52. The summed E-state index contributed by atoms with van der Waals surface area (Å²) < 4.78 is 55.6. The fourth-order valence-electron chi connectivity index (χ4n) is 8.68. The maximum absolute atomic E-state index is 14.0. The summed E-state index contributed by atoms with van der Waals surface area (Å²) in [6, 6.07) is 3.37. The molecule has 0 spiro atoms. The van der Waals surface area contributed by atoms with E-state index in [0.717, 1.165) is 0 Å². The smallest absolute Gasteiger partial charge is 0.335 e. The van der Waals surface area contributed by atoms with Gasteiger partial charge in [0, 0.05) is 55.2 Å². The molecular formula is C49H64N2O23. The van der Waals surface area contributed by atoms with E-state index >= 15 is 0 Å². The number of carbonyl (C=O) groups excluding carboxylic acids is 7. The average molecular weight is 1050 g/mol. The van der Waals surface area contributed by atoms with Gasteiger partial charge in [0.2, 0.25) is 11.7 Å². The lowest BCUT2D eigenvalue weighted by Crippen LogP contribution is -2.56. The first-order valence-electron chi connectivity index (χ1n) is 24.2. The summed E-state index contributed by atoms with van der Waals surface area (Å²) >= 11 is 0. The van der Waals surface area contributed by atoms with Crippen LogP contribution in [0.5, 0.6) is 17.2 Å². The lowest BCUT2D eigenvalue weighted by atomic mass is 9.72. The number of hydrogen-bond donors (Lipinski definition) is 6. The van der Waals surface area contributed by atoms with Crippen molar-refractivity contribution in [2.75, 3.05) is 106 Å². The Labute approximate surface area is 425 Å². The number of aromatic hydroxyl groups is 2. The summed E-state index contributed by atoms with van der Waals surface area (Å²) in [6.45, 7) is 4.15.